The van der Waals surface area contributed by atoms with Crippen molar-refractivity contribution in [1.29, 1.82) is 0 Å². The van der Waals surface area contributed by atoms with Gasteiger partial charge in [-0.3, -0.25) is 4.79 Å². The first-order valence-electron chi connectivity index (χ1n) is 5.68. The van der Waals surface area contributed by atoms with E-state index in [1.165, 1.54) is 6.07 Å². The van der Waals surface area contributed by atoms with Gasteiger partial charge in [-0.05, 0) is 29.8 Å². The van der Waals surface area contributed by atoms with E-state index in [9.17, 15) is 9.59 Å². The first kappa shape index (κ1) is 12.9. The summed E-state index contributed by atoms with van der Waals surface area (Å²) in [6.45, 7) is 0. The summed E-state index contributed by atoms with van der Waals surface area (Å²) in [7, 11) is 1.59. The molecule has 0 saturated carbocycles. The Bertz CT molecular complexity index is 660. The molecule has 0 spiro atoms. The van der Waals surface area contributed by atoms with Crippen LogP contribution in [-0.4, -0.2) is 23.2 Å². The molecule has 0 unspecified atom stereocenters. The van der Waals surface area contributed by atoms with Crippen molar-refractivity contribution in [2.75, 3.05) is 7.11 Å². The number of hydrogen-bond donors (Lipinski definition) is 2. The van der Waals surface area contributed by atoms with Crippen LogP contribution in [0.25, 0.3) is 0 Å². The molecule has 0 bridgehead atoms. The molecular formula is C14H13NO4. The number of ether oxygens (including phenoxy) is 1. The molecule has 0 atom stereocenters. The molecule has 0 amide bonds. The van der Waals surface area contributed by atoms with Gasteiger partial charge in [0.1, 0.15) is 11.3 Å². The highest BCUT2D eigenvalue weighted by Crippen LogP contribution is 2.14. The van der Waals surface area contributed by atoms with Crippen molar-refractivity contribution < 1.29 is 14.6 Å². The highest BCUT2D eigenvalue weighted by molar-refractivity contribution is 5.86. The number of rotatable bonds is 4. The van der Waals surface area contributed by atoms with Crippen molar-refractivity contribution in [3.05, 3.63) is 63.6 Å². The Labute approximate surface area is 109 Å². The Balaban J connectivity index is 2.26. The molecule has 0 radical (unpaired) electrons. The monoisotopic (exact) mass is 259 g/mol. The second-order valence-electron chi connectivity index (χ2n) is 4.06. The van der Waals surface area contributed by atoms with Crippen LogP contribution in [0.2, 0.25) is 0 Å². The SMILES string of the molecule is COc1cccc(Cc2ccc(C(=O)O)c(=O)[nH]2)c1. The highest BCUT2D eigenvalue weighted by atomic mass is 16.5. The number of pyridine rings is 1. The molecule has 5 nitrogen and oxygen atoms in total. The van der Waals surface area contributed by atoms with Crippen LogP contribution in [0.4, 0.5) is 0 Å². The van der Waals surface area contributed by atoms with Crippen molar-refractivity contribution in [2.24, 2.45) is 0 Å². The number of hydrogen-bond acceptors (Lipinski definition) is 3. The Morgan fingerprint density at radius 3 is 2.74 bits per heavy atom. The van der Waals surface area contributed by atoms with Gasteiger partial charge in [-0.25, -0.2) is 4.79 Å². The van der Waals surface area contributed by atoms with E-state index in [0.717, 1.165) is 11.3 Å². The Kier molecular flexibility index (Phi) is 3.66. The summed E-state index contributed by atoms with van der Waals surface area (Å²) in [5.74, 6) is -0.490. The number of aromatic nitrogens is 1. The third-order valence-corrected chi connectivity index (χ3v) is 2.73. The van der Waals surface area contributed by atoms with Gasteiger partial charge in [0, 0.05) is 12.1 Å². The van der Waals surface area contributed by atoms with E-state index in [2.05, 4.69) is 4.98 Å². The summed E-state index contributed by atoms with van der Waals surface area (Å²) in [6, 6.07) is 10.4. The molecule has 0 saturated heterocycles. The molecular weight excluding hydrogens is 246 g/mol. The number of carboxylic acid groups (broad SMARTS) is 1. The number of aromatic carboxylic acids is 1. The molecule has 0 aliphatic carbocycles. The summed E-state index contributed by atoms with van der Waals surface area (Å²) >= 11 is 0. The van der Waals surface area contributed by atoms with Crippen molar-refractivity contribution in [3.8, 4) is 5.75 Å². The largest absolute Gasteiger partial charge is 0.497 e. The second-order valence-corrected chi connectivity index (χ2v) is 4.06. The molecule has 2 rings (SSSR count). The summed E-state index contributed by atoms with van der Waals surface area (Å²) in [6.07, 6.45) is 0.506. The van der Waals surface area contributed by atoms with Gasteiger partial charge in [0.2, 0.25) is 0 Å². The van der Waals surface area contributed by atoms with E-state index in [-0.39, 0.29) is 5.56 Å². The van der Waals surface area contributed by atoms with Gasteiger partial charge in [-0.1, -0.05) is 12.1 Å². The topological polar surface area (TPSA) is 79.4 Å². The van der Waals surface area contributed by atoms with Crippen LogP contribution < -0.4 is 10.3 Å². The Morgan fingerprint density at radius 1 is 1.32 bits per heavy atom. The van der Waals surface area contributed by atoms with Crippen LogP contribution in [0.15, 0.2) is 41.2 Å². The van der Waals surface area contributed by atoms with Gasteiger partial charge >= 0.3 is 5.97 Å². The molecule has 0 fully saturated rings. The van der Waals surface area contributed by atoms with Crippen LogP contribution in [0.1, 0.15) is 21.6 Å². The van der Waals surface area contributed by atoms with Crippen LogP contribution in [0.3, 0.4) is 0 Å². The molecule has 5 heteroatoms. The number of benzene rings is 1. The smallest absolute Gasteiger partial charge is 0.341 e. The van der Waals surface area contributed by atoms with E-state index in [4.69, 9.17) is 9.84 Å². The zero-order valence-corrected chi connectivity index (χ0v) is 10.3. The Morgan fingerprint density at radius 2 is 2.11 bits per heavy atom. The quantitative estimate of drug-likeness (QED) is 0.875. The van der Waals surface area contributed by atoms with Gasteiger partial charge in [0.15, 0.2) is 0 Å². The predicted octanol–water partition coefficient (Wildman–Crippen LogP) is 1.67. The minimum atomic E-state index is -1.23. The van der Waals surface area contributed by atoms with Crippen LogP contribution in [-0.2, 0) is 6.42 Å². The van der Waals surface area contributed by atoms with Gasteiger partial charge in [-0.15, -0.1) is 0 Å². The number of carbonyl (C=O) groups is 1. The Hall–Kier alpha value is -2.56. The fourth-order valence-corrected chi connectivity index (χ4v) is 1.79. The third kappa shape index (κ3) is 3.01. The second kappa shape index (κ2) is 5.39. The van der Waals surface area contributed by atoms with Crippen molar-refractivity contribution >= 4 is 5.97 Å². The number of carboxylic acids is 1. The first-order valence-corrected chi connectivity index (χ1v) is 5.68. The molecule has 2 aromatic rings. The number of nitrogens with one attached hydrogen (secondary N) is 1. The van der Waals surface area contributed by atoms with Crippen molar-refractivity contribution in [1.82, 2.24) is 4.98 Å². The zero-order chi connectivity index (χ0) is 13.8. The third-order valence-electron chi connectivity index (χ3n) is 2.73. The minimum absolute atomic E-state index is 0.255. The highest BCUT2D eigenvalue weighted by Gasteiger charge is 2.08. The van der Waals surface area contributed by atoms with E-state index in [1.807, 2.05) is 24.3 Å². The fourth-order valence-electron chi connectivity index (χ4n) is 1.79. The number of aromatic amines is 1. The summed E-state index contributed by atoms with van der Waals surface area (Å²) in [5.41, 5.74) is 0.781. The summed E-state index contributed by atoms with van der Waals surface area (Å²) in [4.78, 5) is 24.8. The lowest BCUT2D eigenvalue weighted by atomic mass is 10.1. The lowest BCUT2D eigenvalue weighted by molar-refractivity contribution is 0.0695. The van der Waals surface area contributed by atoms with Gasteiger partial charge < -0.3 is 14.8 Å². The molecule has 0 aliphatic heterocycles. The van der Waals surface area contributed by atoms with Crippen LogP contribution in [0.5, 0.6) is 5.75 Å². The van der Waals surface area contributed by atoms with Crippen molar-refractivity contribution in [3.63, 3.8) is 0 Å². The zero-order valence-electron chi connectivity index (χ0n) is 10.3. The van der Waals surface area contributed by atoms with Gasteiger partial charge in [0.05, 0.1) is 7.11 Å². The van der Waals surface area contributed by atoms with E-state index >= 15 is 0 Å². The van der Waals surface area contributed by atoms with E-state index in [0.29, 0.717) is 12.1 Å². The summed E-state index contributed by atoms with van der Waals surface area (Å²) < 4.78 is 5.12. The average Bonchev–Trinajstić information content (AvgIpc) is 2.38. The summed E-state index contributed by atoms with van der Waals surface area (Å²) in [5, 5.41) is 8.78. The molecule has 2 N–H and O–H groups in total. The predicted molar refractivity (Wildman–Crippen MR) is 69.8 cm³/mol. The maximum Gasteiger partial charge on any atom is 0.341 e. The van der Waals surface area contributed by atoms with E-state index < -0.39 is 11.5 Å². The van der Waals surface area contributed by atoms with Gasteiger partial charge in [0.25, 0.3) is 5.56 Å². The number of methoxy groups -OCH3 is 1. The normalized spacial score (nSPS) is 10.2. The average molecular weight is 259 g/mol. The molecule has 19 heavy (non-hydrogen) atoms. The molecule has 1 heterocycles. The molecule has 1 aromatic heterocycles. The van der Waals surface area contributed by atoms with E-state index in [1.54, 1.807) is 13.2 Å². The molecule has 1 aromatic carbocycles. The lowest BCUT2D eigenvalue weighted by Gasteiger charge is -2.05. The van der Waals surface area contributed by atoms with Crippen molar-refractivity contribution in [2.45, 2.75) is 6.42 Å². The maximum absolute atomic E-state index is 11.5. The van der Waals surface area contributed by atoms with Crippen LogP contribution in [0, 0.1) is 0 Å². The maximum atomic E-state index is 11.5. The first-order chi connectivity index (χ1) is 9.10. The van der Waals surface area contributed by atoms with Gasteiger partial charge in [-0.2, -0.15) is 0 Å². The molecule has 0 aliphatic rings. The lowest BCUT2D eigenvalue weighted by Crippen LogP contribution is -2.18. The van der Waals surface area contributed by atoms with Crippen LogP contribution >= 0.6 is 0 Å². The standard InChI is InChI=1S/C14H13NO4/c1-19-11-4-2-3-9(8-11)7-10-5-6-12(14(17)18)13(16)15-10/h2-6,8H,7H2,1H3,(H,15,16)(H,17,18). The molecule has 98 valence electrons. The fraction of sp³-hybridized carbons (Fsp3) is 0.143. The number of H-pyrrole nitrogens is 1. The minimum Gasteiger partial charge on any atom is -0.497 e.